The molecule has 28 heavy (non-hydrogen) atoms. The van der Waals surface area contributed by atoms with Crippen molar-refractivity contribution < 1.29 is 4.74 Å². The Morgan fingerprint density at radius 3 is 2.96 bits per heavy atom. The second-order valence-electron chi connectivity index (χ2n) is 7.72. The molecule has 0 radical (unpaired) electrons. The fourth-order valence-electron chi connectivity index (χ4n) is 4.34. The maximum Gasteiger partial charge on any atom is 0.166 e. The van der Waals surface area contributed by atoms with E-state index in [2.05, 4.69) is 26.0 Å². The zero-order chi connectivity index (χ0) is 19.1. The van der Waals surface area contributed by atoms with Crippen molar-refractivity contribution in [1.82, 2.24) is 25.1 Å². The van der Waals surface area contributed by atoms with E-state index in [1.54, 1.807) is 12.4 Å². The molecule has 144 valence electrons. The zero-order valence-corrected chi connectivity index (χ0v) is 15.9. The van der Waals surface area contributed by atoms with Gasteiger partial charge in [-0.15, -0.1) is 0 Å². The van der Waals surface area contributed by atoms with E-state index in [4.69, 9.17) is 15.6 Å². The topological polar surface area (TPSA) is 90.9 Å². The second-order valence-corrected chi connectivity index (χ2v) is 7.72. The van der Waals surface area contributed by atoms with Gasteiger partial charge < -0.3 is 15.8 Å². The Bertz CT molecular complexity index is 993. The number of aryl methyl sites for hydroxylation is 1. The smallest absolute Gasteiger partial charge is 0.166 e. The van der Waals surface area contributed by atoms with E-state index in [0.29, 0.717) is 11.6 Å². The molecule has 1 saturated heterocycles. The van der Waals surface area contributed by atoms with Crippen LogP contribution in [0.25, 0.3) is 11.3 Å². The van der Waals surface area contributed by atoms with Crippen molar-refractivity contribution in [1.29, 1.82) is 0 Å². The number of rotatable bonds is 4. The van der Waals surface area contributed by atoms with Gasteiger partial charge >= 0.3 is 0 Å². The van der Waals surface area contributed by atoms with Crippen molar-refractivity contribution in [2.24, 2.45) is 0 Å². The monoisotopic (exact) mass is 376 g/mol. The van der Waals surface area contributed by atoms with Gasteiger partial charge in [-0.3, -0.25) is 9.67 Å². The molecule has 5 rings (SSSR count). The molecule has 5 heterocycles. The molecule has 1 spiro atoms. The summed E-state index contributed by atoms with van der Waals surface area (Å²) in [5, 5.41) is 8.33. The molecule has 0 aliphatic carbocycles. The van der Waals surface area contributed by atoms with Crippen molar-refractivity contribution >= 4 is 5.82 Å². The van der Waals surface area contributed by atoms with Crippen LogP contribution < -0.4 is 15.8 Å². The summed E-state index contributed by atoms with van der Waals surface area (Å²) in [4.78, 5) is 8.70. The predicted octanol–water partition coefficient (Wildman–Crippen LogP) is 2.70. The van der Waals surface area contributed by atoms with Gasteiger partial charge in [0.1, 0.15) is 6.10 Å². The number of nitrogens with one attached hydrogen (secondary N) is 1. The molecule has 0 aromatic carbocycles. The third kappa shape index (κ3) is 2.82. The molecule has 2 aliphatic heterocycles. The quantitative estimate of drug-likeness (QED) is 0.728. The third-order valence-electron chi connectivity index (χ3n) is 5.95. The van der Waals surface area contributed by atoms with E-state index in [0.717, 1.165) is 36.6 Å². The summed E-state index contributed by atoms with van der Waals surface area (Å²) in [6.07, 6.45) is 5.64. The molecule has 1 fully saturated rings. The van der Waals surface area contributed by atoms with E-state index in [9.17, 15) is 0 Å². The Kier molecular flexibility index (Phi) is 4.05. The number of nitrogens with zero attached hydrogens (tertiary/aromatic N) is 4. The fraction of sp³-hybridized carbons (Fsp3) is 0.381. The van der Waals surface area contributed by atoms with Crippen LogP contribution in [0.1, 0.15) is 37.3 Å². The number of ether oxygens (including phenoxy) is 1. The van der Waals surface area contributed by atoms with Gasteiger partial charge in [-0.1, -0.05) is 6.07 Å². The molecule has 7 heteroatoms. The summed E-state index contributed by atoms with van der Waals surface area (Å²) in [6, 6.07) is 9.91. The number of anilines is 1. The summed E-state index contributed by atoms with van der Waals surface area (Å²) in [6.45, 7) is 5.04. The minimum absolute atomic E-state index is 0.222. The van der Waals surface area contributed by atoms with Gasteiger partial charge in [0.15, 0.2) is 11.6 Å². The first-order valence-corrected chi connectivity index (χ1v) is 9.77. The Morgan fingerprint density at radius 1 is 1.25 bits per heavy atom. The Labute approximate surface area is 164 Å². The van der Waals surface area contributed by atoms with Crippen molar-refractivity contribution in [3.05, 3.63) is 54.1 Å². The average molecular weight is 376 g/mol. The molecule has 3 aromatic heterocycles. The molecular formula is C21H24N6O. The molecule has 2 atom stereocenters. The van der Waals surface area contributed by atoms with E-state index in [1.165, 1.54) is 18.5 Å². The summed E-state index contributed by atoms with van der Waals surface area (Å²) in [5.41, 5.74) is 10.3. The highest BCUT2D eigenvalue weighted by molar-refractivity contribution is 5.64. The van der Waals surface area contributed by atoms with Gasteiger partial charge in [0.2, 0.25) is 0 Å². The summed E-state index contributed by atoms with van der Waals surface area (Å²) in [5.74, 6) is 0.927. The highest BCUT2D eigenvalue weighted by atomic mass is 16.5. The molecule has 0 amide bonds. The van der Waals surface area contributed by atoms with Crippen LogP contribution in [0.15, 0.2) is 42.7 Å². The van der Waals surface area contributed by atoms with Crippen molar-refractivity contribution in [2.75, 3.05) is 18.8 Å². The van der Waals surface area contributed by atoms with Crippen molar-refractivity contribution in [3.8, 4) is 17.0 Å². The van der Waals surface area contributed by atoms with E-state index < -0.39 is 0 Å². The Balaban J connectivity index is 1.44. The maximum absolute atomic E-state index is 6.07. The average Bonchev–Trinajstić information content (AvgIpc) is 3.43. The molecule has 3 aromatic rings. The number of pyridine rings is 2. The number of aromatic nitrogens is 4. The minimum Gasteiger partial charge on any atom is -0.481 e. The largest absolute Gasteiger partial charge is 0.481 e. The second kappa shape index (κ2) is 6.60. The van der Waals surface area contributed by atoms with Crippen LogP contribution in [0.3, 0.4) is 0 Å². The summed E-state index contributed by atoms with van der Waals surface area (Å²) < 4.78 is 8.22. The van der Waals surface area contributed by atoms with E-state index >= 15 is 0 Å². The zero-order valence-electron chi connectivity index (χ0n) is 15.9. The van der Waals surface area contributed by atoms with Gasteiger partial charge in [0.25, 0.3) is 0 Å². The first-order chi connectivity index (χ1) is 13.6. The van der Waals surface area contributed by atoms with Crippen LogP contribution in [0.2, 0.25) is 0 Å². The lowest BCUT2D eigenvalue weighted by atomic mass is 9.82. The third-order valence-corrected chi connectivity index (χ3v) is 5.95. The maximum atomic E-state index is 6.07. The summed E-state index contributed by atoms with van der Waals surface area (Å²) >= 11 is 0. The van der Waals surface area contributed by atoms with Crippen LogP contribution in [0.4, 0.5) is 5.82 Å². The number of nitrogens with two attached hydrogens (primary N) is 1. The molecule has 0 bridgehead atoms. The van der Waals surface area contributed by atoms with Gasteiger partial charge in [0, 0.05) is 42.2 Å². The SMILES string of the molecule is C[C@H](Oc1cc(-c2cc3n(n2)CC[C@@]32CCNC2)cnc1N)c1ccccn1. The van der Waals surface area contributed by atoms with Crippen molar-refractivity contribution in [2.45, 2.75) is 37.8 Å². The minimum atomic E-state index is -0.222. The first-order valence-electron chi connectivity index (χ1n) is 9.77. The normalized spacial score (nSPS) is 21.8. The molecule has 0 saturated carbocycles. The lowest BCUT2D eigenvalue weighted by Crippen LogP contribution is -2.25. The van der Waals surface area contributed by atoms with E-state index in [-0.39, 0.29) is 11.5 Å². The van der Waals surface area contributed by atoms with Gasteiger partial charge in [-0.2, -0.15) is 5.10 Å². The number of nitrogen functional groups attached to an aromatic ring is 1. The number of hydrogen-bond donors (Lipinski definition) is 2. The first kappa shape index (κ1) is 17.2. The van der Waals surface area contributed by atoms with Crippen molar-refractivity contribution in [3.63, 3.8) is 0 Å². The Morgan fingerprint density at radius 2 is 2.18 bits per heavy atom. The van der Waals surface area contributed by atoms with Gasteiger partial charge in [-0.25, -0.2) is 4.98 Å². The van der Waals surface area contributed by atoms with Crippen LogP contribution in [0.5, 0.6) is 5.75 Å². The molecule has 7 nitrogen and oxygen atoms in total. The highest BCUT2D eigenvalue weighted by Crippen LogP contribution is 2.41. The number of fused-ring (bicyclic) bond motifs is 2. The fourth-order valence-corrected chi connectivity index (χ4v) is 4.34. The molecule has 2 aliphatic rings. The highest BCUT2D eigenvalue weighted by Gasteiger charge is 2.42. The number of hydrogen-bond acceptors (Lipinski definition) is 6. The standard InChI is InChI=1S/C21H24N6O/c1-14(16-4-2-3-7-24-16)28-18-10-15(12-25-20(18)22)17-11-19-21(5-8-23-13-21)6-9-27(19)26-17/h2-4,7,10-12,14,23H,5-6,8-9,13H2,1H3,(H2,22,25)/t14-,21+/m0/s1. The van der Waals surface area contributed by atoms with Crippen LogP contribution in [-0.2, 0) is 12.0 Å². The summed E-state index contributed by atoms with van der Waals surface area (Å²) in [7, 11) is 0. The van der Waals surface area contributed by atoms with Crippen LogP contribution in [0, 0.1) is 0 Å². The van der Waals surface area contributed by atoms with Gasteiger partial charge in [-0.05, 0) is 50.6 Å². The molecule has 0 unspecified atom stereocenters. The van der Waals surface area contributed by atoms with Crippen LogP contribution >= 0.6 is 0 Å². The van der Waals surface area contributed by atoms with Crippen LogP contribution in [-0.4, -0.2) is 32.8 Å². The predicted molar refractivity (Wildman–Crippen MR) is 107 cm³/mol. The lowest BCUT2D eigenvalue weighted by Gasteiger charge is -2.20. The molecule has 3 N–H and O–H groups in total. The van der Waals surface area contributed by atoms with E-state index in [1.807, 2.05) is 31.2 Å². The Hall–Kier alpha value is -2.93. The van der Waals surface area contributed by atoms with Gasteiger partial charge in [0.05, 0.1) is 11.4 Å². The lowest BCUT2D eigenvalue weighted by molar-refractivity contribution is 0.222. The molecular weight excluding hydrogens is 352 g/mol.